The van der Waals surface area contributed by atoms with E-state index in [2.05, 4.69) is 24.6 Å². The monoisotopic (exact) mass is 405 g/mol. The van der Waals surface area contributed by atoms with Crippen molar-refractivity contribution in [3.05, 3.63) is 77.1 Å². The minimum absolute atomic E-state index is 0.0278. The maximum Gasteiger partial charge on any atom is 0.262 e. The molecule has 1 aliphatic rings. The SMILES string of the molecule is C=CCn1c(SC(C)C(=O)N2c3ccccc3CC2C)nc2ccccc2c1=O. The third-order valence-corrected chi connectivity index (χ3v) is 6.29. The van der Waals surface area contributed by atoms with Crippen molar-refractivity contribution < 1.29 is 4.79 Å². The molecule has 1 amide bonds. The lowest BCUT2D eigenvalue weighted by Crippen LogP contribution is -2.40. The Balaban J connectivity index is 1.68. The Labute approximate surface area is 174 Å². The molecule has 0 saturated heterocycles. The van der Waals surface area contributed by atoms with E-state index in [1.54, 1.807) is 16.7 Å². The van der Waals surface area contributed by atoms with Crippen LogP contribution in [0.2, 0.25) is 0 Å². The molecule has 0 radical (unpaired) electrons. The summed E-state index contributed by atoms with van der Waals surface area (Å²) in [7, 11) is 0. The molecule has 1 aliphatic heterocycles. The number of carbonyl (C=O) groups excluding carboxylic acids is 1. The van der Waals surface area contributed by atoms with Crippen LogP contribution in [0.4, 0.5) is 5.69 Å². The van der Waals surface area contributed by atoms with E-state index in [0.29, 0.717) is 22.6 Å². The van der Waals surface area contributed by atoms with E-state index in [9.17, 15) is 9.59 Å². The van der Waals surface area contributed by atoms with Crippen LogP contribution in [0, 0.1) is 0 Å². The summed E-state index contributed by atoms with van der Waals surface area (Å²) < 4.78 is 1.59. The maximum atomic E-state index is 13.3. The van der Waals surface area contributed by atoms with E-state index in [1.165, 1.54) is 17.3 Å². The summed E-state index contributed by atoms with van der Waals surface area (Å²) in [4.78, 5) is 32.8. The molecule has 0 saturated carbocycles. The molecule has 2 aromatic carbocycles. The second-order valence-corrected chi connectivity index (χ2v) is 8.57. The molecule has 2 atom stereocenters. The Morgan fingerprint density at radius 2 is 2.00 bits per heavy atom. The molecule has 0 N–H and O–H groups in total. The average Bonchev–Trinajstić information content (AvgIpc) is 3.06. The zero-order chi connectivity index (χ0) is 20.5. The first-order valence-electron chi connectivity index (χ1n) is 9.69. The van der Waals surface area contributed by atoms with Crippen LogP contribution in [-0.4, -0.2) is 26.8 Å². The number of hydrogen-bond acceptors (Lipinski definition) is 4. The van der Waals surface area contributed by atoms with Gasteiger partial charge in [-0.05, 0) is 44.0 Å². The zero-order valence-electron chi connectivity index (χ0n) is 16.5. The second kappa shape index (κ2) is 7.87. The number of anilines is 1. The summed E-state index contributed by atoms with van der Waals surface area (Å²) in [6.45, 7) is 8.05. The van der Waals surface area contributed by atoms with E-state index in [4.69, 9.17) is 0 Å². The highest BCUT2D eigenvalue weighted by Crippen LogP contribution is 2.34. The number of carbonyl (C=O) groups is 1. The molecule has 0 bridgehead atoms. The van der Waals surface area contributed by atoms with E-state index in [0.717, 1.165) is 12.1 Å². The summed E-state index contributed by atoms with van der Waals surface area (Å²) >= 11 is 1.32. The van der Waals surface area contributed by atoms with Crippen LogP contribution in [-0.2, 0) is 17.8 Å². The second-order valence-electron chi connectivity index (χ2n) is 7.27. The van der Waals surface area contributed by atoms with Crippen molar-refractivity contribution in [3.8, 4) is 0 Å². The Bertz CT molecular complexity index is 1150. The fourth-order valence-electron chi connectivity index (χ4n) is 3.83. The van der Waals surface area contributed by atoms with Gasteiger partial charge < -0.3 is 4.90 Å². The normalized spacial score (nSPS) is 16.6. The summed E-state index contributed by atoms with van der Waals surface area (Å²) in [5.41, 5.74) is 2.70. The van der Waals surface area contributed by atoms with Gasteiger partial charge in [0.05, 0.1) is 16.2 Å². The fraction of sp³-hybridized carbons (Fsp3) is 0.261. The van der Waals surface area contributed by atoms with Gasteiger partial charge in [-0.3, -0.25) is 14.2 Å². The first-order chi connectivity index (χ1) is 14.0. The van der Waals surface area contributed by atoms with Crippen LogP contribution in [0.5, 0.6) is 0 Å². The molecule has 0 fully saturated rings. The number of rotatable bonds is 5. The Hall–Kier alpha value is -2.86. The summed E-state index contributed by atoms with van der Waals surface area (Å²) in [5, 5.41) is 0.724. The van der Waals surface area contributed by atoms with Gasteiger partial charge in [0, 0.05) is 18.3 Å². The summed E-state index contributed by atoms with van der Waals surface area (Å²) in [5.74, 6) is 0.0278. The molecule has 29 heavy (non-hydrogen) atoms. The van der Waals surface area contributed by atoms with Crippen molar-refractivity contribution in [3.63, 3.8) is 0 Å². The van der Waals surface area contributed by atoms with Gasteiger partial charge in [-0.1, -0.05) is 48.2 Å². The van der Waals surface area contributed by atoms with Crippen molar-refractivity contribution in [1.29, 1.82) is 0 Å². The van der Waals surface area contributed by atoms with Gasteiger partial charge in [0.1, 0.15) is 0 Å². The standard InChI is InChI=1S/C23H23N3O2S/c1-4-13-25-22(28)18-10-6-7-11-19(18)24-23(25)29-16(3)21(27)26-15(2)14-17-9-5-8-12-20(17)26/h4-12,15-16H,1,13-14H2,2-3H3. The number of amides is 1. The topological polar surface area (TPSA) is 55.2 Å². The zero-order valence-corrected chi connectivity index (χ0v) is 17.4. The first-order valence-corrected chi connectivity index (χ1v) is 10.6. The minimum Gasteiger partial charge on any atom is -0.308 e. The number of thioether (sulfide) groups is 1. The smallest absolute Gasteiger partial charge is 0.262 e. The molecular weight excluding hydrogens is 382 g/mol. The van der Waals surface area contributed by atoms with Crippen LogP contribution in [0.1, 0.15) is 19.4 Å². The maximum absolute atomic E-state index is 13.3. The third kappa shape index (κ3) is 3.49. The number of fused-ring (bicyclic) bond motifs is 2. The molecule has 148 valence electrons. The van der Waals surface area contributed by atoms with Crippen molar-refractivity contribution in [2.45, 2.75) is 43.3 Å². The highest BCUT2D eigenvalue weighted by atomic mass is 32.2. The highest BCUT2D eigenvalue weighted by molar-refractivity contribution is 8.00. The predicted octanol–water partition coefficient (Wildman–Crippen LogP) is 4.04. The average molecular weight is 406 g/mol. The molecule has 5 nitrogen and oxygen atoms in total. The molecule has 6 heteroatoms. The van der Waals surface area contributed by atoms with Crippen LogP contribution >= 0.6 is 11.8 Å². The van der Waals surface area contributed by atoms with E-state index < -0.39 is 0 Å². The van der Waals surface area contributed by atoms with Crippen LogP contribution in [0.15, 0.2) is 71.1 Å². The van der Waals surface area contributed by atoms with Crippen LogP contribution < -0.4 is 10.5 Å². The van der Waals surface area contributed by atoms with Crippen molar-refractivity contribution in [1.82, 2.24) is 9.55 Å². The Kier molecular flexibility index (Phi) is 5.28. The highest BCUT2D eigenvalue weighted by Gasteiger charge is 2.33. The molecule has 2 unspecified atom stereocenters. The van der Waals surface area contributed by atoms with Gasteiger partial charge in [0.15, 0.2) is 5.16 Å². The largest absolute Gasteiger partial charge is 0.308 e. The lowest BCUT2D eigenvalue weighted by atomic mass is 10.1. The first kappa shape index (κ1) is 19.5. The molecule has 0 aliphatic carbocycles. The van der Waals surface area contributed by atoms with Gasteiger partial charge >= 0.3 is 0 Å². The van der Waals surface area contributed by atoms with Crippen molar-refractivity contribution in [2.24, 2.45) is 0 Å². The Morgan fingerprint density at radius 3 is 2.79 bits per heavy atom. The number of hydrogen-bond donors (Lipinski definition) is 0. The van der Waals surface area contributed by atoms with Gasteiger partial charge in [0.2, 0.25) is 5.91 Å². The molecule has 0 spiro atoms. The van der Waals surface area contributed by atoms with Crippen LogP contribution in [0.3, 0.4) is 0 Å². The number of allylic oxidation sites excluding steroid dienone is 1. The lowest BCUT2D eigenvalue weighted by molar-refractivity contribution is -0.118. The minimum atomic E-state index is -0.382. The summed E-state index contributed by atoms with van der Waals surface area (Å²) in [6.07, 6.45) is 2.53. The Morgan fingerprint density at radius 1 is 1.28 bits per heavy atom. The van der Waals surface area contributed by atoms with Gasteiger partial charge in [-0.15, -0.1) is 6.58 Å². The number of aromatic nitrogens is 2. The van der Waals surface area contributed by atoms with E-state index in [1.807, 2.05) is 48.2 Å². The lowest BCUT2D eigenvalue weighted by Gasteiger charge is -2.26. The van der Waals surface area contributed by atoms with Crippen molar-refractivity contribution >= 4 is 34.3 Å². The fourth-order valence-corrected chi connectivity index (χ4v) is 4.80. The third-order valence-electron chi connectivity index (χ3n) is 5.21. The summed E-state index contributed by atoms with van der Waals surface area (Å²) in [6, 6.07) is 15.4. The molecule has 4 rings (SSSR count). The number of nitrogens with zero attached hydrogens (tertiary/aromatic N) is 3. The van der Waals surface area contributed by atoms with E-state index >= 15 is 0 Å². The molecular formula is C23H23N3O2S. The molecule has 3 aromatic rings. The molecule has 1 aromatic heterocycles. The predicted molar refractivity (Wildman–Crippen MR) is 119 cm³/mol. The van der Waals surface area contributed by atoms with Crippen LogP contribution in [0.25, 0.3) is 10.9 Å². The number of benzene rings is 2. The molecule has 2 heterocycles. The van der Waals surface area contributed by atoms with E-state index in [-0.39, 0.29) is 22.8 Å². The quantitative estimate of drug-likeness (QED) is 0.365. The van der Waals surface area contributed by atoms with Gasteiger partial charge in [-0.25, -0.2) is 4.98 Å². The van der Waals surface area contributed by atoms with Gasteiger partial charge in [0.25, 0.3) is 5.56 Å². The van der Waals surface area contributed by atoms with Gasteiger partial charge in [-0.2, -0.15) is 0 Å². The number of para-hydroxylation sites is 2. The van der Waals surface area contributed by atoms with Crippen molar-refractivity contribution in [2.75, 3.05) is 4.90 Å².